The number of aryl methyl sites for hydroxylation is 1. The fourth-order valence-electron chi connectivity index (χ4n) is 2.02. The lowest BCUT2D eigenvalue weighted by atomic mass is 10.1. The Morgan fingerprint density at radius 2 is 2.22 bits per heavy atom. The molecule has 0 atom stereocenters. The third-order valence-electron chi connectivity index (χ3n) is 2.86. The van der Waals surface area contributed by atoms with Gasteiger partial charge in [0, 0.05) is 18.0 Å². The van der Waals surface area contributed by atoms with Gasteiger partial charge in [-0.3, -0.25) is 4.68 Å². The molecule has 1 aromatic carbocycles. The fourth-order valence-corrected chi connectivity index (χ4v) is 2.02. The molecule has 3 rings (SSSR count). The highest BCUT2D eigenvalue weighted by Crippen LogP contribution is 2.26. The van der Waals surface area contributed by atoms with E-state index in [1.54, 1.807) is 30.1 Å². The van der Waals surface area contributed by atoms with Gasteiger partial charge in [0.2, 0.25) is 0 Å². The maximum Gasteiger partial charge on any atom is 0.357 e. The number of nitrogens with zero attached hydrogens (tertiary/aromatic N) is 2. The molecule has 0 saturated heterocycles. The molecule has 5 nitrogen and oxygen atoms in total. The third-order valence-corrected chi connectivity index (χ3v) is 2.86. The van der Waals surface area contributed by atoms with Crippen molar-refractivity contribution in [1.29, 1.82) is 0 Å². The molecule has 0 saturated carbocycles. The molecule has 3 aromatic rings. The minimum Gasteiger partial charge on any atom is -0.476 e. The van der Waals surface area contributed by atoms with Crippen LogP contribution in [0.25, 0.3) is 22.2 Å². The summed E-state index contributed by atoms with van der Waals surface area (Å²) < 4.78 is 6.86. The molecular weight excluding hydrogens is 232 g/mol. The summed E-state index contributed by atoms with van der Waals surface area (Å²) in [6.07, 6.45) is 1.58. The minimum atomic E-state index is -1.03. The van der Waals surface area contributed by atoms with E-state index in [1.165, 1.54) is 0 Å². The van der Waals surface area contributed by atoms with Crippen molar-refractivity contribution in [3.05, 3.63) is 42.3 Å². The van der Waals surface area contributed by atoms with Gasteiger partial charge in [-0.25, -0.2) is 4.79 Å². The lowest BCUT2D eigenvalue weighted by Gasteiger charge is -1.98. The molecule has 0 aliphatic heterocycles. The molecule has 90 valence electrons. The van der Waals surface area contributed by atoms with E-state index in [0.717, 1.165) is 11.1 Å². The van der Waals surface area contributed by atoms with Crippen LogP contribution in [0.1, 0.15) is 10.5 Å². The summed E-state index contributed by atoms with van der Waals surface area (Å²) in [7, 11) is 1.72. The molecule has 0 unspecified atom stereocenters. The number of fused-ring (bicyclic) bond motifs is 1. The molecular formula is C13H10N2O3. The van der Waals surface area contributed by atoms with Crippen molar-refractivity contribution in [2.75, 3.05) is 0 Å². The first kappa shape index (κ1) is 10.6. The second-order valence-electron chi connectivity index (χ2n) is 3.99. The van der Waals surface area contributed by atoms with Gasteiger partial charge >= 0.3 is 5.97 Å². The van der Waals surface area contributed by atoms with E-state index in [-0.39, 0.29) is 5.69 Å². The van der Waals surface area contributed by atoms with Gasteiger partial charge in [-0.15, -0.1) is 0 Å². The number of hydrogen-bond acceptors (Lipinski definition) is 3. The smallest absolute Gasteiger partial charge is 0.357 e. The van der Waals surface area contributed by atoms with Crippen LogP contribution in [0.5, 0.6) is 0 Å². The quantitative estimate of drug-likeness (QED) is 0.749. The highest BCUT2D eigenvalue weighted by atomic mass is 16.4. The van der Waals surface area contributed by atoms with Crippen LogP contribution in [0.2, 0.25) is 0 Å². The van der Waals surface area contributed by atoms with E-state index in [2.05, 4.69) is 5.10 Å². The van der Waals surface area contributed by atoms with Crippen LogP contribution in [0.15, 0.2) is 41.0 Å². The number of benzene rings is 1. The molecule has 0 fully saturated rings. The molecule has 2 heterocycles. The number of aromatic carboxylic acids is 1. The second kappa shape index (κ2) is 3.73. The number of carboxylic acids is 1. The van der Waals surface area contributed by atoms with Crippen molar-refractivity contribution in [1.82, 2.24) is 9.78 Å². The molecule has 5 heteroatoms. The first-order valence-electron chi connectivity index (χ1n) is 5.41. The standard InChI is InChI=1S/C13H10N2O3/c1-15-10-5-4-8(11-3-2-6-18-11)7-9(10)12(14-15)13(16)17/h2-7H,1H3,(H,16,17). The normalized spacial score (nSPS) is 10.9. The van der Waals surface area contributed by atoms with Crippen molar-refractivity contribution in [2.24, 2.45) is 7.05 Å². The molecule has 0 amide bonds. The topological polar surface area (TPSA) is 68.3 Å². The van der Waals surface area contributed by atoms with Gasteiger partial charge in [0.05, 0.1) is 11.8 Å². The van der Waals surface area contributed by atoms with Gasteiger partial charge in [0.1, 0.15) is 5.76 Å². The van der Waals surface area contributed by atoms with Gasteiger partial charge in [-0.1, -0.05) is 0 Å². The Labute approximate surface area is 102 Å². The maximum atomic E-state index is 11.1. The Bertz CT molecular complexity index is 726. The van der Waals surface area contributed by atoms with Crippen molar-refractivity contribution < 1.29 is 14.3 Å². The lowest BCUT2D eigenvalue weighted by Crippen LogP contribution is -1.99. The van der Waals surface area contributed by atoms with E-state index in [1.807, 2.05) is 18.2 Å². The van der Waals surface area contributed by atoms with E-state index < -0.39 is 5.97 Å². The van der Waals surface area contributed by atoms with Crippen LogP contribution < -0.4 is 0 Å². The molecule has 0 aliphatic carbocycles. The third kappa shape index (κ3) is 1.48. The van der Waals surface area contributed by atoms with E-state index in [9.17, 15) is 4.79 Å². The highest BCUT2D eigenvalue weighted by Gasteiger charge is 2.15. The molecule has 18 heavy (non-hydrogen) atoms. The SMILES string of the molecule is Cn1nc(C(=O)O)c2cc(-c3ccco3)ccc21. The first-order chi connectivity index (χ1) is 8.66. The maximum absolute atomic E-state index is 11.1. The van der Waals surface area contributed by atoms with Crippen molar-refractivity contribution in [2.45, 2.75) is 0 Å². The predicted molar refractivity (Wildman–Crippen MR) is 65.4 cm³/mol. The number of carboxylic acid groups (broad SMARTS) is 1. The van der Waals surface area contributed by atoms with E-state index in [0.29, 0.717) is 11.1 Å². The predicted octanol–water partition coefficient (Wildman–Crippen LogP) is 2.53. The second-order valence-corrected chi connectivity index (χ2v) is 3.99. The summed E-state index contributed by atoms with van der Waals surface area (Å²) in [4.78, 5) is 11.1. The average Bonchev–Trinajstić information content (AvgIpc) is 2.97. The van der Waals surface area contributed by atoms with Crippen molar-refractivity contribution in [3.63, 3.8) is 0 Å². The zero-order chi connectivity index (χ0) is 12.7. The van der Waals surface area contributed by atoms with Crippen LogP contribution >= 0.6 is 0 Å². The van der Waals surface area contributed by atoms with Crippen LogP contribution in [0.3, 0.4) is 0 Å². The molecule has 0 radical (unpaired) electrons. The van der Waals surface area contributed by atoms with Crippen molar-refractivity contribution in [3.8, 4) is 11.3 Å². The average molecular weight is 242 g/mol. The zero-order valence-corrected chi connectivity index (χ0v) is 9.62. The highest BCUT2D eigenvalue weighted by molar-refractivity contribution is 6.02. The number of rotatable bonds is 2. The van der Waals surface area contributed by atoms with Crippen LogP contribution in [-0.4, -0.2) is 20.9 Å². The Morgan fingerprint density at radius 3 is 2.89 bits per heavy atom. The number of aromatic nitrogens is 2. The Hall–Kier alpha value is -2.56. The number of carbonyl (C=O) groups is 1. The minimum absolute atomic E-state index is 0.0564. The summed E-state index contributed by atoms with van der Waals surface area (Å²) >= 11 is 0. The van der Waals surface area contributed by atoms with Gasteiger partial charge in [-0.2, -0.15) is 5.10 Å². The Morgan fingerprint density at radius 1 is 1.39 bits per heavy atom. The van der Waals surface area contributed by atoms with Crippen LogP contribution in [0, 0.1) is 0 Å². The van der Waals surface area contributed by atoms with Crippen LogP contribution in [-0.2, 0) is 7.05 Å². The van der Waals surface area contributed by atoms with Crippen molar-refractivity contribution >= 4 is 16.9 Å². The lowest BCUT2D eigenvalue weighted by molar-refractivity contribution is 0.0691. The Kier molecular flexibility index (Phi) is 2.19. The monoisotopic (exact) mass is 242 g/mol. The Balaban J connectivity index is 2.28. The molecule has 1 N–H and O–H groups in total. The summed E-state index contributed by atoms with van der Waals surface area (Å²) in [5.74, 6) is -0.325. The largest absolute Gasteiger partial charge is 0.476 e. The van der Waals surface area contributed by atoms with Gasteiger partial charge in [0.15, 0.2) is 5.69 Å². The van der Waals surface area contributed by atoms with Gasteiger partial charge in [0.25, 0.3) is 0 Å². The molecule has 2 aromatic heterocycles. The fraction of sp³-hybridized carbons (Fsp3) is 0.0769. The molecule has 0 spiro atoms. The zero-order valence-electron chi connectivity index (χ0n) is 9.62. The molecule has 0 aliphatic rings. The van der Waals surface area contributed by atoms with E-state index >= 15 is 0 Å². The summed E-state index contributed by atoms with van der Waals surface area (Å²) in [6.45, 7) is 0. The van der Waals surface area contributed by atoms with E-state index in [4.69, 9.17) is 9.52 Å². The summed E-state index contributed by atoms with van der Waals surface area (Å²) in [6, 6.07) is 9.13. The van der Waals surface area contributed by atoms with Crippen LogP contribution in [0.4, 0.5) is 0 Å². The molecule has 0 bridgehead atoms. The summed E-state index contributed by atoms with van der Waals surface area (Å²) in [5, 5.41) is 13.7. The number of furan rings is 1. The first-order valence-corrected chi connectivity index (χ1v) is 5.41. The summed E-state index contributed by atoms with van der Waals surface area (Å²) in [5.41, 5.74) is 1.67. The number of hydrogen-bond donors (Lipinski definition) is 1. The van der Waals surface area contributed by atoms with Gasteiger partial charge in [-0.05, 0) is 30.3 Å². The van der Waals surface area contributed by atoms with Gasteiger partial charge < -0.3 is 9.52 Å².